The van der Waals surface area contributed by atoms with Crippen LogP contribution in [0, 0.1) is 0 Å². The van der Waals surface area contributed by atoms with Gasteiger partial charge >= 0.3 is 0 Å². The van der Waals surface area contributed by atoms with Gasteiger partial charge in [-0.25, -0.2) is 9.97 Å². The second kappa shape index (κ2) is 13.9. The quantitative estimate of drug-likeness (QED) is 0.129. The van der Waals surface area contributed by atoms with E-state index in [0.717, 1.165) is 33.5 Å². The molecular weight excluding hydrogens is 725 g/mol. The molecule has 0 unspecified atom stereocenters. The van der Waals surface area contributed by atoms with Crippen LogP contribution in [0.4, 0.5) is 0 Å². The third-order valence-corrected chi connectivity index (χ3v) is 12.2. The van der Waals surface area contributed by atoms with Crippen LogP contribution in [0.1, 0.15) is 0 Å². The van der Waals surface area contributed by atoms with Crippen molar-refractivity contribution < 1.29 is 0 Å². The first kappa shape index (κ1) is 34.1. The van der Waals surface area contributed by atoms with Crippen molar-refractivity contribution >= 4 is 64.6 Å². The highest BCUT2D eigenvalue weighted by molar-refractivity contribution is 6.28. The number of fused-ring (bicyclic) bond motifs is 8. The SMILES string of the molecule is c1ccc(-c2cc(-c3ccccc3)nc(-c3ccc4c(-c5cc6ccccc6c6ccccc56)c5ccccc5c(-c5cc6ccccc6c6ccccc56)c4c3)n2)cc1. The maximum Gasteiger partial charge on any atom is 0.160 e. The minimum Gasteiger partial charge on any atom is -0.228 e. The monoisotopic (exact) mass is 760 g/mol. The molecule has 0 saturated heterocycles. The fourth-order valence-corrected chi connectivity index (χ4v) is 9.51. The van der Waals surface area contributed by atoms with Crippen molar-refractivity contribution in [3.8, 4) is 56.2 Å². The Bertz CT molecular complexity index is 3590. The number of aromatic nitrogens is 2. The molecular formula is C58H36N2. The average molecular weight is 761 g/mol. The summed E-state index contributed by atoms with van der Waals surface area (Å²) in [6.07, 6.45) is 0. The Balaban J connectivity index is 1.23. The van der Waals surface area contributed by atoms with Gasteiger partial charge < -0.3 is 0 Å². The van der Waals surface area contributed by atoms with Gasteiger partial charge in [0, 0.05) is 16.7 Å². The molecule has 12 aromatic rings. The van der Waals surface area contributed by atoms with Crippen molar-refractivity contribution in [3.05, 3.63) is 218 Å². The molecule has 11 aromatic carbocycles. The zero-order valence-electron chi connectivity index (χ0n) is 32.7. The van der Waals surface area contributed by atoms with Gasteiger partial charge in [-0.1, -0.05) is 194 Å². The summed E-state index contributed by atoms with van der Waals surface area (Å²) >= 11 is 0. The lowest BCUT2D eigenvalue weighted by atomic mass is 9.82. The Labute approximate surface area is 347 Å². The number of rotatable bonds is 5. The molecule has 0 aliphatic rings. The van der Waals surface area contributed by atoms with Crippen LogP contribution in [0.15, 0.2) is 218 Å². The molecule has 60 heavy (non-hydrogen) atoms. The van der Waals surface area contributed by atoms with E-state index in [0.29, 0.717) is 5.82 Å². The molecule has 0 radical (unpaired) electrons. The molecule has 0 aliphatic carbocycles. The zero-order valence-corrected chi connectivity index (χ0v) is 32.7. The van der Waals surface area contributed by atoms with Crippen LogP contribution in [0.5, 0.6) is 0 Å². The van der Waals surface area contributed by atoms with Crippen molar-refractivity contribution in [3.63, 3.8) is 0 Å². The smallest absolute Gasteiger partial charge is 0.160 e. The van der Waals surface area contributed by atoms with Crippen LogP contribution < -0.4 is 0 Å². The summed E-state index contributed by atoms with van der Waals surface area (Å²) in [6.45, 7) is 0. The van der Waals surface area contributed by atoms with Crippen LogP contribution in [0.3, 0.4) is 0 Å². The van der Waals surface area contributed by atoms with Crippen molar-refractivity contribution in [2.24, 2.45) is 0 Å². The molecule has 12 rings (SSSR count). The van der Waals surface area contributed by atoms with E-state index in [2.05, 4.69) is 206 Å². The van der Waals surface area contributed by atoms with E-state index in [-0.39, 0.29) is 0 Å². The topological polar surface area (TPSA) is 25.8 Å². The Hall–Kier alpha value is -7.94. The maximum atomic E-state index is 5.31. The summed E-state index contributed by atoms with van der Waals surface area (Å²) in [4.78, 5) is 10.6. The van der Waals surface area contributed by atoms with E-state index in [9.17, 15) is 0 Å². The molecule has 0 atom stereocenters. The van der Waals surface area contributed by atoms with Crippen molar-refractivity contribution in [2.75, 3.05) is 0 Å². The molecule has 2 heteroatoms. The van der Waals surface area contributed by atoms with Crippen LogP contribution in [-0.2, 0) is 0 Å². The van der Waals surface area contributed by atoms with Crippen molar-refractivity contribution in [1.29, 1.82) is 0 Å². The van der Waals surface area contributed by atoms with Crippen molar-refractivity contribution in [1.82, 2.24) is 9.97 Å². The normalized spacial score (nSPS) is 11.7. The number of nitrogens with zero attached hydrogens (tertiary/aromatic N) is 2. The highest BCUT2D eigenvalue weighted by Crippen LogP contribution is 2.49. The number of hydrogen-bond donors (Lipinski definition) is 0. The average Bonchev–Trinajstić information content (AvgIpc) is 3.33. The fourth-order valence-electron chi connectivity index (χ4n) is 9.51. The zero-order chi connectivity index (χ0) is 39.6. The Kier molecular flexibility index (Phi) is 7.89. The molecule has 0 aliphatic heterocycles. The first-order chi connectivity index (χ1) is 29.8. The minimum absolute atomic E-state index is 0.692. The lowest BCUT2D eigenvalue weighted by Gasteiger charge is -2.21. The Morgan fingerprint density at radius 2 is 0.617 bits per heavy atom. The van der Waals surface area contributed by atoms with Gasteiger partial charge in [0.1, 0.15) is 0 Å². The Morgan fingerprint density at radius 1 is 0.233 bits per heavy atom. The maximum absolute atomic E-state index is 5.31. The molecule has 0 fully saturated rings. The van der Waals surface area contributed by atoms with Crippen LogP contribution in [0.25, 0.3) is 121 Å². The third kappa shape index (κ3) is 5.50. The lowest BCUT2D eigenvalue weighted by molar-refractivity contribution is 1.18. The summed E-state index contributed by atoms with van der Waals surface area (Å²) in [6, 6.07) is 78.9. The van der Waals surface area contributed by atoms with Crippen LogP contribution >= 0.6 is 0 Å². The second-order valence-electron chi connectivity index (χ2n) is 15.6. The third-order valence-electron chi connectivity index (χ3n) is 12.2. The predicted octanol–water partition coefficient (Wildman–Crippen LogP) is 15.7. The molecule has 0 spiro atoms. The molecule has 0 bridgehead atoms. The van der Waals surface area contributed by atoms with Crippen LogP contribution in [0.2, 0.25) is 0 Å². The molecule has 2 nitrogen and oxygen atoms in total. The molecule has 278 valence electrons. The van der Waals surface area contributed by atoms with Crippen LogP contribution in [-0.4, -0.2) is 9.97 Å². The van der Waals surface area contributed by atoms with E-state index in [4.69, 9.17) is 9.97 Å². The largest absolute Gasteiger partial charge is 0.228 e. The van der Waals surface area contributed by atoms with E-state index in [1.54, 1.807) is 0 Å². The Morgan fingerprint density at radius 3 is 1.12 bits per heavy atom. The van der Waals surface area contributed by atoms with Crippen molar-refractivity contribution in [2.45, 2.75) is 0 Å². The van der Waals surface area contributed by atoms with Gasteiger partial charge in [0.2, 0.25) is 0 Å². The van der Waals surface area contributed by atoms with Gasteiger partial charge in [0.25, 0.3) is 0 Å². The van der Waals surface area contributed by atoms with E-state index in [1.807, 2.05) is 12.1 Å². The van der Waals surface area contributed by atoms with Gasteiger partial charge in [0.15, 0.2) is 5.82 Å². The molecule has 0 N–H and O–H groups in total. The summed E-state index contributed by atoms with van der Waals surface area (Å²) in [5.74, 6) is 0.692. The fraction of sp³-hybridized carbons (Fsp3) is 0. The minimum atomic E-state index is 0.692. The predicted molar refractivity (Wildman–Crippen MR) is 254 cm³/mol. The van der Waals surface area contributed by atoms with E-state index in [1.165, 1.54) is 81.5 Å². The van der Waals surface area contributed by atoms with Gasteiger partial charge in [-0.05, 0) is 111 Å². The van der Waals surface area contributed by atoms with Gasteiger partial charge in [0.05, 0.1) is 11.4 Å². The highest BCUT2D eigenvalue weighted by Gasteiger charge is 2.22. The molecule has 0 amide bonds. The lowest BCUT2D eigenvalue weighted by Crippen LogP contribution is -1.97. The number of benzene rings is 11. The first-order valence-corrected chi connectivity index (χ1v) is 20.6. The highest BCUT2D eigenvalue weighted by atomic mass is 14.9. The van der Waals surface area contributed by atoms with Gasteiger partial charge in [-0.3, -0.25) is 0 Å². The second-order valence-corrected chi connectivity index (χ2v) is 15.6. The van der Waals surface area contributed by atoms with E-state index >= 15 is 0 Å². The molecule has 0 saturated carbocycles. The standard InChI is InChI=1S/C58H36N2/c1-3-17-37(18-4-1)54-36-55(38-19-5-2-6-20-38)60-58(59-54)41-31-32-50-53(35-41)57(52-34-40-22-8-10-24-43(40)45-26-12-14-28-47(45)52)49-30-16-15-29-48(49)56(50)51-33-39-21-7-9-23-42(39)44-25-11-13-27-46(44)51/h1-36H. The molecule has 1 heterocycles. The van der Waals surface area contributed by atoms with Gasteiger partial charge in [-0.15, -0.1) is 0 Å². The summed E-state index contributed by atoms with van der Waals surface area (Å²) in [5.41, 5.74) is 9.73. The number of hydrogen-bond acceptors (Lipinski definition) is 2. The van der Waals surface area contributed by atoms with E-state index < -0.39 is 0 Å². The molecule has 1 aromatic heterocycles. The first-order valence-electron chi connectivity index (χ1n) is 20.6. The summed E-state index contributed by atoms with van der Waals surface area (Å²) in [7, 11) is 0. The summed E-state index contributed by atoms with van der Waals surface area (Å²) in [5, 5.41) is 14.7. The summed E-state index contributed by atoms with van der Waals surface area (Å²) < 4.78 is 0. The van der Waals surface area contributed by atoms with Gasteiger partial charge in [-0.2, -0.15) is 0 Å².